The molecule has 1 aliphatic heterocycles. The molecule has 7 heteroatoms. The molecule has 1 N–H and O–H groups in total. The highest BCUT2D eigenvalue weighted by molar-refractivity contribution is 6.22. The topological polar surface area (TPSA) is 92.5 Å². The smallest absolute Gasteiger partial charge is 0.261 e. The standard InChI is InChI=1S/C20H15N3O4/c1-12-4-2-6-17(21-12)22-18(24)13-7-8-15-16(10-13)20(26)23(19(15)25)11-14-5-3-9-27-14/h2-10H,11H2,1H3,(H,21,22,24). The van der Waals surface area contributed by atoms with E-state index in [4.69, 9.17) is 4.42 Å². The second kappa shape index (κ2) is 6.53. The Bertz CT molecular complexity index is 1060. The summed E-state index contributed by atoms with van der Waals surface area (Å²) in [7, 11) is 0. The number of furan rings is 1. The Hall–Kier alpha value is -3.74. The van der Waals surface area contributed by atoms with Crippen LogP contribution in [0.2, 0.25) is 0 Å². The van der Waals surface area contributed by atoms with Crippen molar-refractivity contribution in [2.75, 3.05) is 5.32 Å². The van der Waals surface area contributed by atoms with Gasteiger partial charge < -0.3 is 9.73 Å². The van der Waals surface area contributed by atoms with Crippen LogP contribution < -0.4 is 5.32 Å². The molecule has 3 heterocycles. The Labute approximate surface area is 154 Å². The van der Waals surface area contributed by atoms with Gasteiger partial charge in [0.15, 0.2) is 0 Å². The summed E-state index contributed by atoms with van der Waals surface area (Å²) >= 11 is 0. The van der Waals surface area contributed by atoms with Gasteiger partial charge in [-0.2, -0.15) is 0 Å². The summed E-state index contributed by atoms with van der Waals surface area (Å²) in [4.78, 5) is 42.9. The molecule has 3 aromatic rings. The maximum absolute atomic E-state index is 12.6. The maximum Gasteiger partial charge on any atom is 0.261 e. The predicted molar refractivity (Wildman–Crippen MR) is 96.3 cm³/mol. The number of nitrogens with one attached hydrogen (secondary N) is 1. The third-order valence-corrected chi connectivity index (χ3v) is 4.26. The first-order valence-corrected chi connectivity index (χ1v) is 8.30. The highest BCUT2D eigenvalue weighted by Crippen LogP contribution is 2.26. The second-order valence-electron chi connectivity index (χ2n) is 6.15. The first kappa shape index (κ1) is 16.7. The summed E-state index contributed by atoms with van der Waals surface area (Å²) in [6, 6.07) is 13.1. The van der Waals surface area contributed by atoms with E-state index in [-0.39, 0.29) is 23.2 Å². The number of aromatic nitrogens is 1. The number of hydrogen-bond donors (Lipinski definition) is 1. The quantitative estimate of drug-likeness (QED) is 0.721. The molecule has 134 valence electrons. The Balaban J connectivity index is 1.58. The molecule has 0 saturated carbocycles. The highest BCUT2D eigenvalue weighted by atomic mass is 16.3. The van der Waals surface area contributed by atoms with Crippen LogP contribution in [0.15, 0.2) is 59.2 Å². The minimum absolute atomic E-state index is 0.0497. The van der Waals surface area contributed by atoms with Crippen molar-refractivity contribution in [3.63, 3.8) is 0 Å². The van der Waals surface area contributed by atoms with Crippen molar-refractivity contribution >= 4 is 23.5 Å². The van der Waals surface area contributed by atoms with Crippen molar-refractivity contribution in [2.45, 2.75) is 13.5 Å². The van der Waals surface area contributed by atoms with Crippen LogP contribution in [0.1, 0.15) is 42.5 Å². The average molecular weight is 361 g/mol. The molecular formula is C20H15N3O4. The van der Waals surface area contributed by atoms with Gasteiger partial charge in [0, 0.05) is 11.3 Å². The molecule has 0 unspecified atom stereocenters. The van der Waals surface area contributed by atoms with Crippen LogP contribution in [-0.4, -0.2) is 27.6 Å². The summed E-state index contributed by atoms with van der Waals surface area (Å²) in [5, 5.41) is 2.69. The van der Waals surface area contributed by atoms with Gasteiger partial charge in [-0.3, -0.25) is 19.3 Å². The van der Waals surface area contributed by atoms with Gasteiger partial charge in [-0.15, -0.1) is 0 Å². The fourth-order valence-electron chi connectivity index (χ4n) is 2.94. The van der Waals surface area contributed by atoms with Gasteiger partial charge in [0.2, 0.25) is 0 Å². The fourth-order valence-corrected chi connectivity index (χ4v) is 2.94. The number of hydrogen-bond acceptors (Lipinski definition) is 5. The third-order valence-electron chi connectivity index (χ3n) is 4.26. The summed E-state index contributed by atoms with van der Waals surface area (Å²) in [6.45, 7) is 1.87. The largest absolute Gasteiger partial charge is 0.467 e. The van der Waals surface area contributed by atoms with Crippen LogP contribution in [-0.2, 0) is 6.54 Å². The molecule has 7 nitrogen and oxygen atoms in total. The highest BCUT2D eigenvalue weighted by Gasteiger charge is 2.36. The minimum atomic E-state index is -0.449. The maximum atomic E-state index is 12.6. The summed E-state index contributed by atoms with van der Waals surface area (Å²) in [6.07, 6.45) is 1.48. The normalized spacial score (nSPS) is 13.0. The summed E-state index contributed by atoms with van der Waals surface area (Å²) in [5.74, 6) is -0.329. The molecule has 1 aliphatic rings. The van der Waals surface area contributed by atoms with E-state index in [0.29, 0.717) is 11.6 Å². The molecule has 27 heavy (non-hydrogen) atoms. The van der Waals surface area contributed by atoms with E-state index in [1.54, 1.807) is 24.3 Å². The number of imide groups is 1. The molecule has 2 aromatic heterocycles. The van der Waals surface area contributed by atoms with E-state index < -0.39 is 17.7 Å². The molecule has 0 aliphatic carbocycles. The summed E-state index contributed by atoms with van der Waals surface area (Å²) in [5.41, 5.74) is 1.53. The number of rotatable bonds is 4. The molecule has 0 atom stereocenters. The van der Waals surface area contributed by atoms with Crippen molar-refractivity contribution in [2.24, 2.45) is 0 Å². The Morgan fingerprint density at radius 2 is 1.89 bits per heavy atom. The number of carbonyl (C=O) groups excluding carboxylic acids is 3. The lowest BCUT2D eigenvalue weighted by Gasteiger charge is -2.11. The third kappa shape index (κ3) is 3.10. The van der Waals surface area contributed by atoms with E-state index >= 15 is 0 Å². The lowest BCUT2D eigenvalue weighted by Crippen LogP contribution is -2.28. The number of fused-ring (bicyclic) bond motifs is 1. The fraction of sp³-hybridized carbons (Fsp3) is 0.100. The van der Waals surface area contributed by atoms with Gasteiger partial charge in [0.25, 0.3) is 17.7 Å². The van der Waals surface area contributed by atoms with Crippen molar-refractivity contribution in [3.05, 3.63) is 82.9 Å². The summed E-state index contributed by atoms with van der Waals surface area (Å²) < 4.78 is 5.21. The van der Waals surface area contributed by atoms with Gasteiger partial charge in [0.05, 0.1) is 23.9 Å². The Morgan fingerprint density at radius 3 is 2.63 bits per heavy atom. The first-order chi connectivity index (χ1) is 13.0. The van der Waals surface area contributed by atoms with Gasteiger partial charge in [-0.1, -0.05) is 6.07 Å². The van der Waals surface area contributed by atoms with Gasteiger partial charge >= 0.3 is 0 Å². The van der Waals surface area contributed by atoms with E-state index in [0.717, 1.165) is 10.6 Å². The van der Waals surface area contributed by atoms with Crippen molar-refractivity contribution in [1.82, 2.24) is 9.88 Å². The van der Waals surface area contributed by atoms with Gasteiger partial charge in [0.1, 0.15) is 11.6 Å². The van der Waals surface area contributed by atoms with Crippen molar-refractivity contribution in [3.8, 4) is 0 Å². The zero-order chi connectivity index (χ0) is 19.0. The molecule has 0 saturated heterocycles. The number of carbonyl (C=O) groups is 3. The predicted octanol–water partition coefficient (Wildman–Crippen LogP) is 3.03. The molecule has 1 aromatic carbocycles. The van der Waals surface area contributed by atoms with E-state index in [1.807, 2.05) is 13.0 Å². The SMILES string of the molecule is Cc1cccc(NC(=O)c2ccc3c(c2)C(=O)N(Cc2ccco2)C3=O)n1. The Kier molecular flexibility index (Phi) is 4.04. The number of amides is 3. The van der Waals surface area contributed by atoms with E-state index in [2.05, 4.69) is 10.3 Å². The second-order valence-corrected chi connectivity index (χ2v) is 6.15. The first-order valence-electron chi connectivity index (χ1n) is 8.30. The average Bonchev–Trinajstić information content (AvgIpc) is 3.25. The lowest BCUT2D eigenvalue weighted by atomic mass is 10.1. The zero-order valence-corrected chi connectivity index (χ0v) is 14.4. The van der Waals surface area contributed by atoms with Crippen LogP contribution in [0, 0.1) is 6.92 Å². The number of nitrogens with zero attached hydrogens (tertiary/aromatic N) is 2. The monoisotopic (exact) mass is 361 g/mol. The minimum Gasteiger partial charge on any atom is -0.467 e. The van der Waals surface area contributed by atoms with Crippen molar-refractivity contribution < 1.29 is 18.8 Å². The number of aryl methyl sites for hydroxylation is 1. The van der Waals surface area contributed by atoms with Crippen LogP contribution in [0.5, 0.6) is 0 Å². The van der Waals surface area contributed by atoms with Crippen LogP contribution >= 0.6 is 0 Å². The number of anilines is 1. The van der Waals surface area contributed by atoms with Crippen LogP contribution in [0.4, 0.5) is 5.82 Å². The van der Waals surface area contributed by atoms with Crippen molar-refractivity contribution in [1.29, 1.82) is 0 Å². The Morgan fingerprint density at radius 1 is 1.07 bits per heavy atom. The van der Waals surface area contributed by atoms with Crippen LogP contribution in [0.3, 0.4) is 0 Å². The molecular weight excluding hydrogens is 346 g/mol. The molecule has 0 spiro atoms. The number of benzene rings is 1. The molecule has 0 radical (unpaired) electrons. The zero-order valence-electron chi connectivity index (χ0n) is 14.4. The lowest BCUT2D eigenvalue weighted by molar-refractivity contribution is 0.0631. The molecule has 0 fully saturated rings. The van der Waals surface area contributed by atoms with Crippen LogP contribution in [0.25, 0.3) is 0 Å². The number of pyridine rings is 1. The van der Waals surface area contributed by atoms with E-state index in [1.165, 1.54) is 24.5 Å². The molecule has 4 rings (SSSR count). The van der Waals surface area contributed by atoms with Gasteiger partial charge in [-0.25, -0.2) is 4.98 Å². The molecule has 3 amide bonds. The molecule has 0 bridgehead atoms. The van der Waals surface area contributed by atoms with E-state index in [9.17, 15) is 14.4 Å². The van der Waals surface area contributed by atoms with Gasteiger partial charge in [-0.05, 0) is 49.4 Å².